The molecule has 0 amide bonds. The van der Waals surface area contributed by atoms with Crippen molar-refractivity contribution >= 4 is 0 Å². The van der Waals surface area contributed by atoms with Crippen molar-refractivity contribution in [3.63, 3.8) is 0 Å². The Hall–Kier alpha value is -1.82. The Balaban J connectivity index is 1.76. The highest BCUT2D eigenvalue weighted by Crippen LogP contribution is 2.23. The lowest BCUT2D eigenvalue weighted by molar-refractivity contribution is 0.134. The molecule has 21 heavy (non-hydrogen) atoms. The first-order valence-electron chi connectivity index (χ1n) is 6.98. The van der Waals surface area contributed by atoms with Gasteiger partial charge in [-0.3, -0.25) is 0 Å². The number of ether oxygens (including phenoxy) is 1. The smallest absolute Gasteiger partial charge is 0.290 e. The predicted octanol–water partition coefficient (Wildman–Crippen LogP) is 2.08. The third kappa shape index (κ3) is 5.59. The summed E-state index contributed by atoms with van der Waals surface area (Å²) in [4.78, 5) is 1.95. The van der Waals surface area contributed by atoms with E-state index in [1.54, 1.807) is 6.07 Å². The lowest BCUT2D eigenvalue weighted by Gasteiger charge is -2.15. The third-order valence-electron chi connectivity index (χ3n) is 2.85. The van der Waals surface area contributed by atoms with E-state index in [0.717, 1.165) is 11.5 Å². The zero-order chi connectivity index (χ0) is 15.1. The van der Waals surface area contributed by atoms with E-state index in [2.05, 4.69) is 5.32 Å². The van der Waals surface area contributed by atoms with Crippen LogP contribution in [0.15, 0.2) is 46.9 Å². The Morgan fingerprint density at radius 1 is 1.19 bits per heavy atom. The zero-order valence-corrected chi connectivity index (χ0v) is 12.5. The van der Waals surface area contributed by atoms with Crippen molar-refractivity contribution in [2.75, 3.05) is 27.2 Å². The number of hydrogen-bond donors (Lipinski definition) is 2. The van der Waals surface area contributed by atoms with Crippen LogP contribution in [-0.2, 0) is 6.54 Å². The fourth-order valence-electron chi connectivity index (χ4n) is 1.96. The van der Waals surface area contributed by atoms with E-state index < -0.39 is 6.10 Å². The highest BCUT2D eigenvalue weighted by Gasteiger charge is 2.07. The van der Waals surface area contributed by atoms with Crippen LogP contribution in [0.2, 0.25) is 0 Å². The van der Waals surface area contributed by atoms with Gasteiger partial charge in [0.05, 0.1) is 12.6 Å². The summed E-state index contributed by atoms with van der Waals surface area (Å²) < 4.78 is 11.2. The molecule has 5 heteroatoms. The first-order chi connectivity index (χ1) is 10.1. The summed E-state index contributed by atoms with van der Waals surface area (Å²) in [7, 11) is 3.87. The van der Waals surface area contributed by atoms with E-state index in [0.29, 0.717) is 25.6 Å². The average Bonchev–Trinajstić information content (AvgIpc) is 2.86. The molecule has 0 fully saturated rings. The van der Waals surface area contributed by atoms with E-state index in [1.165, 1.54) is 0 Å². The van der Waals surface area contributed by atoms with Gasteiger partial charge < -0.3 is 24.5 Å². The predicted molar refractivity (Wildman–Crippen MR) is 81.5 cm³/mol. The largest absolute Gasteiger partial charge is 0.429 e. The first kappa shape index (κ1) is 15.6. The maximum Gasteiger partial charge on any atom is 0.290 e. The van der Waals surface area contributed by atoms with Crippen molar-refractivity contribution in [1.29, 1.82) is 0 Å². The van der Waals surface area contributed by atoms with Crippen LogP contribution in [0.3, 0.4) is 0 Å². The summed E-state index contributed by atoms with van der Waals surface area (Å²) in [5, 5.41) is 12.9. The normalized spacial score (nSPS) is 12.6. The molecule has 5 nitrogen and oxygen atoms in total. The topological polar surface area (TPSA) is 57.9 Å². The third-order valence-corrected chi connectivity index (χ3v) is 2.85. The molecule has 1 atom stereocenters. The van der Waals surface area contributed by atoms with E-state index in [4.69, 9.17) is 9.15 Å². The summed E-state index contributed by atoms with van der Waals surface area (Å²) >= 11 is 0. The molecular weight excluding hydrogens is 268 g/mol. The minimum Gasteiger partial charge on any atom is -0.429 e. The second-order valence-electron chi connectivity index (χ2n) is 5.18. The number of rotatable bonds is 8. The lowest BCUT2D eigenvalue weighted by atomic mass is 10.3. The van der Waals surface area contributed by atoms with Crippen LogP contribution in [0.4, 0.5) is 0 Å². The quantitative estimate of drug-likeness (QED) is 0.779. The van der Waals surface area contributed by atoms with Crippen LogP contribution in [0, 0.1) is 0 Å². The number of likely N-dealkylation sites (N-methyl/N-ethyl adjacent to an activating group) is 1. The molecule has 0 bridgehead atoms. The van der Waals surface area contributed by atoms with Gasteiger partial charge >= 0.3 is 0 Å². The summed E-state index contributed by atoms with van der Waals surface area (Å²) in [6, 6.07) is 13.2. The standard InChI is InChI=1S/C16H22N2O3/c1-18(2)12-13(19)10-17-11-15-8-9-16(21-15)20-14-6-4-3-5-7-14/h3-9,13,17,19H,10-12H2,1-2H3. The van der Waals surface area contributed by atoms with Crippen LogP contribution in [0.1, 0.15) is 5.76 Å². The molecule has 1 heterocycles. The van der Waals surface area contributed by atoms with Crippen LogP contribution in [-0.4, -0.2) is 43.3 Å². The molecule has 0 saturated carbocycles. The number of nitrogens with zero attached hydrogens (tertiary/aromatic N) is 1. The highest BCUT2D eigenvalue weighted by molar-refractivity contribution is 5.26. The lowest BCUT2D eigenvalue weighted by Crippen LogP contribution is -2.34. The molecular formula is C16H22N2O3. The molecule has 0 saturated heterocycles. The van der Waals surface area contributed by atoms with Gasteiger partial charge in [-0.1, -0.05) is 18.2 Å². The molecule has 2 aromatic rings. The summed E-state index contributed by atoms with van der Waals surface area (Å²) in [5.41, 5.74) is 0. The molecule has 0 aliphatic heterocycles. The van der Waals surface area contributed by atoms with Crippen molar-refractivity contribution < 1.29 is 14.3 Å². The van der Waals surface area contributed by atoms with Gasteiger partial charge in [0.15, 0.2) is 0 Å². The maximum atomic E-state index is 9.74. The van der Waals surface area contributed by atoms with Crippen molar-refractivity contribution in [3.05, 3.63) is 48.2 Å². The number of hydrogen-bond acceptors (Lipinski definition) is 5. The van der Waals surface area contributed by atoms with Crippen LogP contribution >= 0.6 is 0 Å². The molecule has 1 aromatic carbocycles. The molecule has 1 unspecified atom stereocenters. The Labute approximate surface area is 125 Å². The number of para-hydroxylation sites is 1. The average molecular weight is 290 g/mol. The van der Waals surface area contributed by atoms with Crippen molar-refractivity contribution in [2.24, 2.45) is 0 Å². The summed E-state index contributed by atoms with van der Waals surface area (Å²) in [5.74, 6) is 1.98. The second kappa shape index (κ2) is 7.83. The summed E-state index contributed by atoms with van der Waals surface area (Å²) in [6.07, 6.45) is -0.394. The van der Waals surface area contributed by atoms with Crippen LogP contribution in [0.5, 0.6) is 11.7 Å². The molecule has 2 N–H and O–H groups in total. The summed E-state index contributed by atoms with van der Waals surface area (Å²) in [6.45, 7) is 1.71. The molecule has 0 spiro atoms. The van der Waals surface area contributed by atoms with E-state index in [-0.39, 0.29) is 0 Å². The van der Waals surface area contributed by atoms with Gasteiger partial charge in [0.25, 0.3) is 5.95 Å². The highest BCUT2D eigenvalue weighted by atomic mass is 16.6. The van der Waals surface area contributed by atoms with Crippen LogP contribution in [0.25, 0.3) is 0 Å². The molecule has 2 rings (SSSR count). The fraction of sp³-hybridized carbons (Fsp3) is 0.375. The van der Waals surface area contributed by atoms with Gasteiger partial charge in [0.2, 0.25) is 0 Å². The van der Waals surface area contributed by atoms with Crippen molar-refractivity contribution in [2.45, 2.75) is 12.6 Å². The fourth-order valence-corrected chi connectivity index (χ4v) is 1.96. The number of benzene rings is 1. The van der Waals surface area contributed by atoms with Gasteiger partial charge in [-0.25, -0.2) is 0 Å². The maximum absolute atomic E-state index is 9.74. The number of furan rings is 1. The minimum absolute atomic E-state index is 0.394. The Morgan fingerprint density at radius 2 is 1.95 bits per heavy atom. The number of aliphatic hydroxyl groups is 1. The number of aliphatic hydroxyl groups excluding tert-OH is 1. The molecule has 1 aromatic heterocycles. The molecule has 114 valence electrons. The van der Waals surface area contributed by atoms with E-state index in [9.17, 15) is 5.11 Å². The zero-order valence-electron chi connectivity index (χ0n) is 12.5. The Morgan fingerprint density at radius 3 is 2.67 bits per heavy atom. The molecule has 0 aliphatic carbocycles. The Kier molecular flexibility index (Phi) is 5.80. The second-order valence-corrected chi connectivity index (χ2v) is 5.18. The van der Waals surface area contributed by atoms with Gasteiger partial charge in [-0.2, -0.15) is 0 Å². The van der Waals surface area contributed by atoms with Gasteiger partial charge in [-0.05, 0) is 32.3 Å². The van der Waals surface area contributed by atoms with Gasteiger partial charge in [0.1, 0.15) is 11.5 Å². The molecule has 0 radical (unpaired) electrons. The first-order valence-corrected chi connectivity index (χ1v) is 6.98. The number of nitrogens with one attached hydrogen (secondary N) is 1. The van der Waals surface area contributed by atoms with Gasteiger partial charge in [-0.15, -0.1) is 0 Å². The van der Waals surface area contributed by atoms with E-state index >= 15 is 0 Å². The van der Waals surface area contributed by atoms with Gasteiger partial charge in [0, 0.05) is 19.2 Å². The van der Waals surface area contributed by atoms with Crippen molar-refractivity contribution in [1.82, 2.24) is 10.2 Å². The monoisotopic (exact) mass is 290 g/mol. The molecule has 0 aliphatic rings. The minimum atomic E-state index is -0.394. The van der Waals surface area contributed by atoms with Crippen molar-refractivity contribution in [3.8, 4) is 11.7 Å². The SMILES string of the molecule is CN(C)CC(O)CNCc1ccc(Oc2ccccc2)o1. The Bertz CT molecular complexity index is 525. The van der Waals surface area contributed by atoms with E-state index in [1.807, 2.05) is 55.4 Å². The van der Waals surface area contributed by atoms with Crippen LogP contribution < -0.4 is 10.1 Å².